The van der Waals surface area contributed by atoms with Gasteiger partial charge in [0.25, 0.3) is 0 Å². The van der Waals surface area contributed by atoms with Crippen LogP contribution in [-0.4, -0.2) is 36.1 Å². The maximum atomic E-state index is 4.22. The zero-order chi connectivity index (χ0) is 11.4. The second-order valence-electron chi connectivity index (χ2n) is 4.90. The SMILES string of the molecule is CC(C)CN1CCNCC1c1cccnc1. The van der Waals surface area contributed by atoms with Crippen LogP contribution in [0, 0.1) is 5.92 Å². The van der Waals surface area contributed by atoms with Gasteiger partial charge in [-0.2, -0.15) is 0 Å². The van der Waals surface area contributed by atoms with Crippen LogP contribution < -0.4 is 5.32 Å². The highest BCUT2D eigenvalue weighted by Gasteiger charge is 2.23. The van der Waals surface area contributed by atoms with Gasteiger partial charge in [-0.25, -0.2) is 0 Å². The molecule has 16 heavy (non-hydrogen) atoms. The zero-order valence-corrected chi connectivity index (χ0v) is 10.2. The fourth-order valence-electron chi connectivity index (χ4n) is 2.34. The number of nitrogens with zero attached hydrogens (tertiary/aromatic N) is 2. The standard InChI is InChI=1S/C13H21N3/c1-11(2)10-16-7-6-15-9-13(16)12-4-3-5-14-8-12/h3-5,8,11,13,15H,6-7,9-10H2,1-2H3. The van der Waals surface area contributed by atoms with Gasteiger partial charge in [-0.15, -0.1) is 0 Å². The van der Waals surface area contributed by atoms with E-state index in [2.05, 4.69) is 35.1 Å². The molecule has 0 radical (unpaired) electrons. The van der Waals surface area contributed by atoms with Crippen LogP contribution in [0.2, 0.25) is 0 Å². The molecule has 1 unspecified atom stereocenters. The molecule has 3 nitrogen and oxygen atoms in total. The van der Waals surface area contributed by atoms with Crippen molar-refractivity contribution in [2.75, 3.05) is 26.2 Å². The summed E-state index contributed by atoms with van der Waals surface area (Å²) in [6.07, 6.45) is 3.83. The molecule has 1 N–H and O–H groups in total. The van der Waals surface area contributed by atoms with Gasteiger partial charge in [-0.05, 0) is 17.5 Å². The number of pyridine rings is 1. The quantitative estimate of drug-likeness (QED) is 0.838. The minimum Gasteiger partial charge on any atom is -0.314 e. The average molecular weight is 219 g/mol. The van der Waals surface area contributed by atoms with Gasteiger partial charge in [-0.1, -0.05) is 19.9 Å². The molecule has 0 amide bonds. The average Bonchev–Trinajstić information content (AvgIpc) is 2.30. The number of nitrogens with one attached hydrogen (secondary N) is 1. The fraction of sp³-hybridized carbons (Fsp3) is 0.615. The maximum absolute atomic E-state index is 4.22. The van der Waals surface area contributed by atoms with Crippen molar-refractivity contribution in [1.29, 1.82) is 0 Å². The topological polar surface area (TPSA) is 28.2 Å². The summed E-state index contributed by atoms with van der Waals surface area (Å²) < 4.78 is 0. The summed E-state index contributed by atoms with van der Waals surface area (Å²) in [5.74, 6) is 0.720. The first-order chi connectivity index (χ1) is 7.77. The molecular weight excluding hydrogens is 198 g/mol. The highest BCUT2D eigenvalue weighted by Crippen LogP contribution is 2.22. The van der Waals surface area contributed by atoms with Crippen molar-refractivity contribution in [3.8, 4) is 0 Å². The lowest BCUT2D eigenvalue weighted by Gasteiger charge is -2.37. The molecular formula is C13H21N3. The lowest BCUT2D eigenvalue weighted by molar-refractivity contribution is 0.144. The molecule has 2 rings (SSSR count). The minimum atomic E-state index is 0.491. The first kappa shape index (κ1) is 11.6. The zero-order valence-electron chi connectivity index (χ0n) is 10.2. The highest BCUT2D eigenvalue weighted by molar-refractivity contribution is 5.15. The molecule has 1 fully saturated rings. The Morgan fingerprint density at radius 3 is 3.12 bits per heavy atom. The summed E-state index contributed by atoms with van der Waals surface area (Å²) >= 11 is 0. The third kappa shape index (κ3) is 2.80. The van der Waals surface area contributed by atoms with Crippen LogP contribution in [0.5, 0.6) is 0 Å². The third-order valence-corrected chi connectivity index (χ3v) is 3.02. The smallest absolute Gasteiger partial charge is 0.0488 e. The number of rotatable bonds is 3. The van der Waals surface area contributed by atoms with Gasteiger partial charge in [0.1, 0.15) is 0 Å². The van der Waals surface area contributed by atoms with E-state index in [-0.39, 0.29) is 0 Å². The summed E-state index contributed by atoms with van der Waals surface area (Å²) in [5, 5.41) is 3.47. The molecule has 0 spiro atoms. The summed E-state index contributed by atoms with van der Waals surface area (Å²) in [6.45, 7) is 9.01. The van der Waals surface area contributed by atoms with E-state index in [0.29, 0.717) is 6.04 Å². The van der Waals surface area contributed by atoms with Crippen molar-refractivity contribution in [2.45, 2.75) is 19.9 Å². The second kappa shape index (κ2) is 5.41. The van der Waals surface area contributed by atoms with Crippen molar-refractivity contribution >= 4 is 0 Å². The van der Waals surface area contributed by atoms with Crippen molar-refractivity contribution in [2.24, 2.45) is 5.92 Å². The Hall–Kier alpha value is -0.930. The monoisotopic (exact) mass is 219 g/mol. The molecule has 0 aliphatic carbocycles. The Bertz CT molecular complexity index is 310. The van der Waals surface area contributed by atoms with Gasteiger partial charge in [0, 0.05) is 44.6 Å². The van der Waals surface area contributed by atoms with Crippen LogP contribution in [-0.2, 0) is 0 Å². The molecule has 0 bridgehead atoms. The van der Waals surface area contributed by atoms with Gasteiger partial charge >= 0.3 is 0 Å². The van der Waals surface area contributed by atoms with Gasteiger partial charge in [0.2, 0.25) is 0 Å². The van der Waals surface area contributed by atoms with E-state index in [4.69, 9.17) is 0 Å². The normalized spacial score (nSPS) is 22.6. The van der Waals surface area contributed by atoms with Gasteiger partial charge in [0.15, 0.2) is 0 Å². The minimum absolute atomic E-state index is 0.491. The van der Waals surface area contributed by atoms with E-state index in [1.54, 1.807) is 0 Å². The molecule has 1 aromatic rings. The van der Waals surface area contributed by atoms with E-state index in [0.717, 1.165) is 25.6 Å². The molecule has 2 heterocycles. The molecule has 3 heteroatoms. The molecule has 1 atom stereocenters. The lowest BCUT2D eigenvalue weighted by Crippen LogP contribution is -2.47. The van der Waals surface area contributed by atoms with Crippen LogP contribution in [0.1, 0.15) is 25.5 Å². The van der Waals surface area contributed by atoms with Crippen LogP contribution in [0.3, 0.4) is 0 Å². The van der Waals surface area contributed by atoms with Gasteiger partial charge < -0.3 is 5.32 Å². The summed E-state index contributed by atoms with van der Waals surface area (Å²) in [4.78, 5) is 6.79. The lowest BCUT2D eigenvalue weighted by atomic mass is 10.0. The molecule has 1 aliphatic heterocycles. The van der Waals surface area contributed by atoms with Crippen LogP contribution in [0.25, 0.3) is 0 Å². The Morgan fingerprint density at radius 2 is 2.44 bits per heavy atom. The Morgan fingerprint density at radius 1 is 1.56 bits per heavy atom. The maximum Gasteiger partial charge on any atom is 0.0488 e. The van der Waals surface area contributed by atoms with Crippen LogP contribution in [0.4, 0.5) is 0 Å². The first-order valence-corrected chi connectivity index (χ1v) is 6.12. The molecule has 1 saturated heterocycles. The van der Waals surface area contributed by atoms with Crippen LogP contribution in [0.15, 0.2) is 24.5 Å². The van der Waals surface area contributed by atoms with E-state index in [1.807, 2.05) is 18.5 Å². The molecule has 1 aromatic heterocycles. The molecule has 1 aliphatic rings. The molecule has 88 valence electrons. The number of piperazine rings is 1. The molecule has 0 saturated carbocycles. The summed E-state index contributed by atoms with van der Waals surface area (Å²) in [6, 6.07) is 4.69. The van der Waals surface area contributed by atoms with Crippen molar-refractivity contribution < 1.29 is 0 Å². The third-order valence-electron chi connectivity index (χ3n) is 3.02. The van der Waals surface area contributed by atoms with Crippen molar-refractivity contribution in [1.82, 2.24) is 15.2 Å². The summed E-state index contributed by atoms with van der Waals surface area (Å²) in [7, 11) is 0. The second-order valence-corrected chi connectivity index (χ2v) is 4.90. The van der Waals surface area contributed by atoms with Gasteiger partial charge in [-0.3, -0.25) is 9.88 Å². The Kier molecular flexibility index (Phi) is 3.91. The Labute approximate surface area is 97.9 Å². The van der Waals surface area contributed by atoms with E-state index >= 15 is 0 Å². The van der Waals surface area contributed by atoms with Crippen LogP contribution >= 0.6 is 0 Å². The highest BCUT2D eigenvalue weighted by atomic mass is 15.2. The van der Waals surface area contributed by atoms with E-state index < -0.39 is 0 Å². The first-order valence-electron chi connectivity index (χ1n) is 6.12. The van der Waals surface area contributed by atoms with Crippen molar-refractivity contribution in [3.63, 3.8) is 0 Å². The van der Waals surface area contributed by atoms with E-state index in [9.17, 15) is 0 Å². The fourth-order valence-corrected chi connectivity index (χ4v) is 2.34. The summed E-state index contributed by atoms with van der Waals surface area (Å²) in [5.41, 5.74) is 1.33. The van der Waals surface area contributed by atoms with E-state index in [1.165, 1.54) is 12.1 Å². The largest absolute Gasteiger partial charge is 0.314 e. The van der Waals surface area contributed by atoms with Gasteiger partial charge in [0.05, 0.1) is 0 Å². The Balaban J connectivity index is 2.10. The van der Waals surface area contributed by atoms with Crippen molar-refractivity contribution in [3.05, 3.63) is 30.1 Å². The molecule has 0 aromatic carbocycles. The predicted molar refractivity (Wildman–Crippen MR) is 66.3 cm³/mol. The number of aromatic nitrogens is 1. The number of hydrogen-bond acceptors (Lipinski definition) is 3. The number of hydrogen-bond donors (Lipinski definition) is 1. The predicted octanol–water partition coefficient (Wildman–Crippen LogP) is 1.68.